The number of halogens is 2. The lowest BCUT2D eigenvalue weighted by atomic mass is 10.0. The third-order valence-electron chi connectivity index (χ3n) is 5.59. The van der Waals surface area contributed by atoms with Crippen molar-refractivity contribution in [2.45, 2.75) is 19.0 Å². The van der Waals surface area contributed by atoms with Crippen molar-refractivity contribution >= 4 is 34.6 Å². The topological polar surface area (TPSA) is 41.3 Å². The molecule has 0 unspecified atom stereocenters. The first-order valence-corrected chi connectivity index (χ1v) is 10.9. The standard InChI is InChI=1S/C25H19ClFN3OS/c1-15-5-6-16(26)14-19(15)21-11-12-22(31-21)24-23(20-4-2-3-13-28-20)29-25(32)30(24)18-9-7-17(27)8-10-18/h2-14,23-24H,1H3,(H,29,32)/t23-,24+/m1/s1. The third-order valence-corrected chi connectivity index (χ3v) is 6.14. The second-order valence-corrected chi connectivity index (χ2v) is 8.46. The van der Waals surface area contributed by atoms with Gasteiger partial charge >= 0.3 is 0 Å². The zero-order chi connectivity index (χ0) is 22.2. The van der Waals surface area contributed by atoms with Crippen LogP contribution < -0.4 is 10.2 Å². The lowest BCUT2D eigenvalue weighted by molar-refractivity contribution is 0.439. The molecule has 3 heterocycles. The fourth-order valence-electron chi connectivity index (χ4n) is 4.04. The van der Waals surface area contributed by atoms with Crippen molar-refractivity contribution in [2.75, 3.05) is 4.90 Å². The number of hydrogen-bond donors (Lipinski definition) is 1. The minimum absolute atomic E-state index is 0.242. The first-order valence-electron chi connectivity index (χ1n) is 10.1. The molecule has 7 heteroatoms. The van der Waals surface area contributed by atoms with Crippen LogP contribution in [0.2, 0.25) is 5.02 Å². The lowest BCUT2D eigenvalue weighted by Crippen LogP contribution is -2.29. The maximum atomic E-state index is 13.6. The Balaban J connectivity index is 1.61. The van der Waals surface area contributed by atoms with E-state index in [0.717, 1.165) is 28.3 Å². The quantitative estimate of drug-likeness (QED) is 0.344. The number of nitrogens with one attached hydrogen (secondary N) is 1. The van der Waals surface area contributed by atoms with Gasteiger partial charge in [-0.15, -0.1) is 0 Å². The number of aromatic nitrogens is 1. The van der Waals surface area contributed by atoms with Crippen molar-refractivity contribution in [3.63, 3.8) is 0 Å². The number of anilines is 1. The SMILES string of the molecule is Cc1ccc(Cl)cc1-c1ccc([C@H]2[C@@H](c3ccccn3)NC(=S)N2c2ccc(F)cc2)o1. The van der Waals surface area contributed by atoms with E-state index in [0.29, 0.717) is 15.9 Å². The molecular weight excluding hydrogens is 445 g/mol. The third kappa shape index (κ3) is 3.76. The van der Waals surface area contributed by atoms with E-state index in [9.17, 15) is 4.39 Å². The Hall–Kier alpha value is -3.22. The van der Waals surface area contributed by atoms with Crippen LogP contribution in [0.1, 0.15) is 29.1 Å². The first kappa shape index (κ1) is 20.7. The Morgan fingerprint density at radius 3 is 2.62 bits per heavy atom. The van der Waals surface area contributed by atoms with Crippen LogP contribution in [0, 0.1) is 12.7 Å². The van der Waals surface area contributed by atoms with Gasteiger partial charge in [-0.3, -0.25) is 4.98 Å². The van der Waals surface area contributed by atoms with Crippen LogP contribution in [-0.2, 0) is 0 Å². The summed E-state index contributed by atoms with van der Waals surface area (Å²) in [5.74, 6) is 1.13. The summed E-state index contributed by atoms with van der Waals surface area (Å²) < 4.78 is 20.0. The lowest BCUT2D eigenvalue weighted by Gasteiger charge is -2.26. The normalized spacial score (nSPS) is 18.1. The van der Waals surface area contributed by atoms with Crippen molar-refractivity contribution in [1.82, 2.24) is 10.3 Å². The highest BCUT2D eigenvalue weighted by Gasteiger charge is 2.42. The van der Waals surface area contributed by atoms with E-state index in [2.05, 4.69) is 10.3 Å². The summed E-state index contributed by atoms with van der Waals surface area (Å²) in [7, 11) is 0. The molecule has 32 heavy (non-hydrogen) atoms. The first-order chi connectivity index (χ1) is 15.5. The molecule has 1 saturated heterocycles. The predicted octanol–water partition coefficient (Wildman–Crippen LogP) is 6.62. The monoisotopic (exact) mass is 463 g/mol. The molecule has 0 saturated carbocycles. The fraction of sp³-hybridized carbons (Fsp3) is 0.120. The highest BCUT2D eigenvalue weighted by atomic mass is 35.5. The minimum atomic E-state index is -0.309. The van der Waals surface area contributed by atoms with Gasteiger partial charge in [0.05, 0.1) is 11.7 Å². The van der Waals surface area contributed by atoms with Gasteiger partial charge in [0, 0.05) is 22.5 Å². The zero-order valence-corrected chi connectivity index (χ0v) is 18.7. The Kier molecular flexibility index (Phi) is 5.41. The van der Waals surface area contributed by atoms with Gasteiger partial charge in [-0.1, -0.05) is 23.7 Å². The van der Waals surface area contributed by atoms with Crippen molar-refractivity contribution in [3.05, 3.63) is 107 Å². The van der Waals surface area contributed by atoms with Crippen molar-refractivity contribution < 1.29 is 8.81 Å². The number of benzene rings is 2. The molecule has 1 aliphatic heterocycles. The summed E-state index contributed by atoms with van der Waals surface area (Å²) in [5, 5.41) is 4.54. The summed E-state index contributed by atoms with van der Waals surface area (Å²) >= 11 is 11.9. The predicted molar refractivity (Wildman–Crippen MR) is 128 cm³/mol. The van der Waals surface area contributed by atoms with E-state index in [4.69, 9.17) is 28.2 Å². The highest BCUT2D eigenvalue weighted by molar-refractivity contribution is 7.80. The summed E-state index contributed by atoms with van der Waals surface area (Å²) in [6.07, 6.45) is 1.75. The van der Waals surface area contributed by atoms with Gasteiger partial charge in [0.15, 0.2) is 5.11 Å². The van der Waals surface area contributed by atoms with Crippen molar-refractivity contribution in [3.8, 4) is 11.3 Å². The Morgan fingerprint density at radius 1 is 1.06 bits per heavy atom. The summed E-state index contributed by atoms with van der Waals surface area (Å²) in [4.78, 5) is 6.48. The molecule has 0 aliphatic carbocycles. The fourth-order valence-corrected chi connectivity index (χ4v) is 4.56. The highest BCUT2D eigenvalue weighted by Crippen LogP contribution is 2.43. The molecule has 5 rings (SSSR count). The van der Waals surface area contributed by atoms with Crippen LogP contribution in [0.4, 0.5) is 10.1 Å². The van der Waals surface area contributed by atoms with E-state index >= 15 is 0 Å². The summed E-state index contributed by atoms with van der Waals surface area (Å²) in [6.45, 7) is 2.02. The second kappa shape index (κ2) is 8.37. The number of furan rings is 1. The molecule has 160 valence electrons. The number of aryl methyl sites for hydroxylation is 1. The van der Waals surface area contributed by atoms with E-state index < -0.39 is 0 Å². The molecule has 2 atom stereocenters. The molecule has 1 fully saturated rings. The van der Waals surface area contributed by atoms with Gasteiger partial charge in [0.25, 0.3) is 0 Å². The molecule has 1 aliphatic rings. The van der Waals surface area contributed by atoms with E-state index in [1.807, 2.05) is 60.4 Å². The number of nitrogens with zero attached hydrogens (tertiary/aromatic N) is 2. The molecule has 4 aromatic rings. The Labute approximate surface area is 195 Å². The second-order valence-electron chi connectivity index (χ2n) is 7.63. The van der Waals surface area contributed by atoms with E-state index in [1.54, 1.807) is 18.3 Å². The van der Waals surface area contributed by atoms with Crippen LogP contribution in [0.25, 0.3) is 11.3 Å². The molecule has 1 N–H and O–H groups in total. The molecule has 0 amide bonds. The number of rotatable bonds is 4. The van der Waals surface area contributed by atoms with Crippen molar-refractivity contribution in [2.24, 2.45) is 0 Å². The maximum absolute atomic E-state index is 13.6. The molecule has 2 aromatic heterocycles. The van der Waals surface area contributed by atoms with Crippen LogP contribution in [0.15, 0.2) is 83.4 Å². The molecule has 4 nitrogen and oxygen atoms in total. The Morgan fingerprint density at radius 2 is 1.88 bits per heavy atom. The summed E-state index contributed by atoms with van der Waals surface area (Å²) in [5.41, 5.74) is 3.60. The number of thiocarbonyl (C=S) groups is 1. The van der Waals surface area contributed by atoms with E-state index in [-0.39, 0.29) is 17.9 Å². The number of hydrogen-bond acceptors (Lipinski definition) is 3. The van der Waals surface area contributed by atoms with Crippen LogP contribution in [0.5, 0.6) is 0 Å². The molecule has 2 aromatic carbocycles. The minimum Gasteiger partial charge on any atom is -0.459 e. The molecule has 0 bridgehead atoms. The summed E-state index contributed by atoms with van der Waals surface area (Å²) in [6, 6.07) is 21.1. The number of pyridine rings is 1. The van der Waals surface area contributed by atoms with Gasteiger partial charge in [-0.25, -0.2) is 4.39 Å². The van der Waals surface area contributed by atoms with Gasteiger partial charge in [0.2, 0.25) is 0 Å². The van der Waals surface area contributed by atoms with Gasteiger partial charge in [0.1, 0.15) is 23.4 Å². The van der Waals surface area contributed by atoms with Gasteiger partial charge in [-0.2, -0.15) is 0 Å². The average Bonchev–Trinajstić information content (AvgIpc) is 3.41. The van der Waals surface area contributed by atoms with Gasteiger partial charge in [-0.05, 0) is 85.4 Å². The van der Waals surface area contributed by atoms with E-state index in [1.165, 1.54) is 12.1 Å². The van der Waals surface area contributed by atoms with Crippen LogP contribution >= 0.6 is 23.8 Å². The maximum Gasteiger partial charge on any atom is 0.174 e. The largest absolute Gasteiger partial charge is 0.459 e. The smallest absolute Gasteiger partial charge is 0.174 e. The molecule has 0 spiro atoms. The van der Waals surface area contributed by atoms with Crippen molar-refractivity contribution in [1.29, 1.82) is 0 Å². The molecule has 0 radical (unpaired) electrons. The average molecular weight is 464 g/mol. The zero-order valence-electron chi connectivity index (χ0n) is 17.1. The molecular formula is C25H19ClFN3OS. The van der Waals surface area contributed by atoms with Gasteiger partial charge < -0.3 is 14.6 Å². The van der Waals surface area contributed by atoms with Crippen LogP contribution in [-0.4, -0.2) is 10.1 Å². The van der Waals surface area contributed by atoms with Crippen LogP contribution in [0.3, 0.4) is 0 Å². The Bertz CT molecular complexity index is 1280.